The molecule has 1 aliphatic carbocycles. The topological polar surface area (TPSA) is 94.0 Å². The maximum Gasteiger partial charge on any atom is 0.333 e. The van der Waals surface area contributed by atoms with Gasteiger partial charge in [-0.05, 0) is 38.5 Å². The van der Waals surface area contributed by atoms with Gasteiger partial charge in [-0.3, -0.25) is 4.79 Å². The van der Waals surface area contributed by atoms with Crippen molar-refractivity contribution in [1.29, 1.82) is 0 Å². The largest absolute Gasteiger partial charge is 0.475 e. The summed E-state index contributed by atoms with van der Waals surface area (Å²) in [5, 5.41) is 9.25. The Balaban J connectivity index is 1.58. The number of hydrogen-bond acceptors (Lipinski definition) is 6. The third kappa shape index (κ3) is 5.36. The molecule has 3 rings (SSSR count). The molecule has 11 heteroatoms. The van der Waals surface area contributed by atoms with Crippen molar-refractivity contribution in [3.05, 3.63) is 23.9 Å². The van der Waals surface area contributed by atoms with Crippen LogP contribution in [0, 0.1) is 18.7 Å². The highest BCUT2D eigenvalue weighted by Crippen LogP contribution is 2.27. The molecule has 1 aliphatic rings. The summed E-state index contributed by atoms with van der Waals surface area (Å²) in [4.78, 5) is 18.9. The first-order valence-electron chi connectivity index (χ1n) is 9.35. The lowest BCUT2D eigenvalue weighted by Crippen LogP contribution is -2.37. The first kappa shape index (κ1) is 20.9. The summed E-state index contributed by atoms with van der Waals surface area (Å²) >= 11 is 0. The quantitative estimate of drug-likeness (QED) is 0.725. The predicted octanol–water partition coefficient (Wildman–Crippen LogP) is 3.33. The molecule has 0 atom stereocenters. The number of ether oxygens (including phenoxy) is 1. The molecular formula is C18H23F3N6O2. The number of nitrogens with zero attached hydrogens (tertiary/aromatic N) is 4. The summed E-state index contributed by atoms with van der Waals surface area (Å²) in [6.07, 6.45) is 5.59. The number of carbonyl (C=O) groups excluding carboxylic acids is 1. The van der Waals surface area contributed by atoms with Crippen molar-refractivity contribution >= 4 is 17.5 Å². The van der Waals surface area contributed by atoms with Gasteiger partial charge in [-0.1, -0.05) is 0 Å². The molecule has 2 N–H and O–H groups in total. The molecule has 1 saturated carbocycles. The number of amides is 1. The smallest absolute Gasteiger partial charge is 0.333 e. The van der Waals surface area contributed by atoms with Crippen LogP contribution in [-0.2, 0) is 4.79 Å². The second-order valence-corrected chi connectivity index (χ2v) is 7.07. The minimum atomic E-state index is -2.76. The monoisotopic (exact) mass is 412 g/mol. The van der Waals surface area contributed by atoms with E-state index >= 15 is 0 Å². The van der Waals surface area contributed by atoms with E-state index in [1.54, 1.807) is 0 Å². The van der Waals surface area contributed by atoms with Crippen LogP contribution < -0.4 is 15.4 Å². The number of anilines is 2. The zero-order chi connectivity index (χ0) is 21.0. The van der Waals surface area contributed by atoms with E-state index in [2.05, 4.69) is 25.7 Å². The summed E-state index contributed by atoms with van der Waals surface area (Å²) < 4.78 is 45.7. The Kier molecular flexibility index (Phi) is 6.55. The Hall–Kier alpha value is -2.85. The van der Waals surface area contributed by atoms with Gasteiger partial charge in [0.1, 0.15) is 0 Å². The van der Waals surface area contributed by atoms with Crippen molar-refractivity contribution in [3.63, 3.8) is 0 Å². The third-order valence-corrected chi connectivity index (χ3v) is 4.90. The zero-order valence-corrected chi connectivity index (χ0v) is 16.2. The van der Waals surface area contributed by atoms with Crippen LogP contribution in [0.15, 0.2) is 12.4 Å². The first-order chi connectivity index (χ1) is 13.8. The van der Waals surface area contributed by atoms with Crippen LogP contribution >= 0.6 is 0 Å². The summed E-state index contributed by atoms with van der Waals surface area (Å²) in [5.74, 6) is -0.694. The van der Waals surface area contributed by atoms with Crippen molar-refractivity contribution in [2.24, 2.45) is 5.92 Å². The maximum absolute atomic E-state index is 14.0. The van der Waals surface area contributed by atoms with Crippen LogP contribution in [0.3, 0.4) is 0 Å². The summed E-state index contributed by atoms with van der Waals surface area (Å²) in [6, 6.07) is 0.174. The normalized spacial score (nSPS) is 19.2. The minimum Gasteiger partial charge on any atom is -0.475 e. The molecule has 8 nitrogen and oxygen atoms in total. The number of aromatic nitrogens is 4. The van der Waals surface area contributed by atoms with Crippen LogP contribution in [0.25, 0.3) is 0 Å². The molecule has 158 valence electrons. The Morgan fingerprint density at radius 2 is 2.03 bits per heavy atom. The standard InChI is InChI=1S/C18H23F3N6O2/c1-10-15(8-23-27(10)17(20)21)25-18-22-7-14(19)16(26-18)29-9-12-3-5-13(6-4-12)24-11(2)28/h7-8,12-13,17H,3-6,9H2,1-2H3,(H,24,28)(H,22,25,26). The van der Waals surface area contributed by atoms with Crippen LogP contribution in [0.4, 0.5) is 24.8 Å². The predicted molar refractivity (Wildman–Crippen MR) is 98.5 cm³/mol. The van der Waals surface area contributed by atoms with Crippen LogP contribution in [-0.4, -0.2) is 38.3 Å². The fraction of sp³-hybridized carbons (Fsp3) is 0.556. The highest BCUT2D eigenvalue weighted by atomic mass is 19.3. The average Bonchev–Trinajstić information content (AvgIpc) is 3.03. The number of alkyl halides is 2. The molecular weight excluding hydrogens is 389 g/mol. The highest BCUT2D eigenvalue weighted by Gasteiger charge is 2.23. The number of rotatable bonds is 7. The lowest BCUT2D eigenvalue weighted by molar-refractivity contribution is -0.119. The van der Waals surface area contributed by atoms with E-state index in [-0.39, 0.29) is 35.4 Å². The second kappa shape index (κ2) is 9.10. The minimum absolute atomic E-state index is 0.0210. The second-order valence-electron chi connectivity index (χ2n) is 7.07. The van der Waals surface area contributed by atoms with Gasteiger partial charge in [0, 0.05) is 13.0 Å². The van der Waals surface area contributed by atoms with Crippen LogP contribution in [0.2, 0.25) is 0 Å². The Morgan fingerprint density at radius 1 is 1.31 bits per heavy atom. The van der Waals surface area contributed by atoms with Gasteiger partial charge in [-0.15, -0.1) is 0 Å². The van der Waals surface area contributed by atoms with Gasteiger partial charge < -0.3 is 15.4 Å². The van der Waals surface area contributed by atoms with Gasteiger partial charge in [-0.2, -0.15) is 23.3 Å². The van der Waals surface area contributed by atoms with Gasteiger partial charge in [0.15, 0.2) is 0 Å². The lowest BCUT2D eigenvalue weighted by atomic mass is 9.86. The van der Waals surface area contributed by atoms with E-state index in [0.29, 0.717) is 17.0 Å². The molecule has 1 amide bonds. The summed E-state index contributed by atoms with van der Waals surface area (Å²) in [7, 11) is 0. The van der Waals surface area contributed by atoms with Gasteiger partial charge in [-0.25, -0.2) is 9.67 Å². The SMILES string of the molecule is CC(=O)NC1CCC(COc2nc(Nc3cnn(C(F)F)c3C)ncc2F)CC1. The first-order valence-corrected chi connectivity index (χ1v) is 9.35. The molecule has 0 aromatic carbocycles. The summed E-state index contributed by atoms with van der Waals surface area (Å²) in [5.41, 5.74) is 0.491. The Labute approximate surface area is 165 Å². The maximum atomic E-state index is 14.0. The number of nitrogens with one attached hydrogen (secondary N) is 2. The molecule has 0 radical (unpaired) electrons. The molecule has 29 heavy (non-hydrogen) atoms. The third-order valence-electron chi connectivity index (χ3n) is 4.90. The molecule has 0 spiro atoms. The van der Waals surface area contributed by atoms with Crippen molar-refractivity contribution in [1.82, 2.24) is 25.1 Å². The van der Waals surface area contributed by atoms with Crippen molar-refractivity contribution in [2.75, 3.05) is 11.9 Å². The van der Waals surface area contributed by atoms with E-state index in [4.69, 9.17) is 4.74 Å². The molecule has 2 heterocycles. The molecule has 0 saturated heterocycles. The fourth-order valence-electron chi connectivity index (χ4n) is 3.33. The molecule has 1 fully saturated rings. The van der Waals surface area contributed by atoms with E-state index in [0.717, 1.165) is 31.9 Å². The van der Waals surface area contributed by atoms with Crippen LogP contribution in [0.1, 0.15) is 44.9 Å². The number of halogens is 3. The van der Waals surface area contributed by atoms with E-state index in [1.165, 1.54) is 20.0 Å². The van der Waals surface area contributed by atoms with Crippen LogP contribution in [0.5, 0.6) is 5.88 Å². The van der Waals surface area contributed by atoms with Gasteiger partial charge >= 0.3 is 6.55 Å². The zero-order valence-electron chi connectivity index (χ0n) is 16.2. The average molecular weight is 412 g/mol. The van der Waals surface area contributed by atoms with Gasteiger partial charge in [0.05, 0.1) is 30.4 Å². The Morgan fingerprint density at radius 3 is 2.66 bits per heavy atom. The molecule has 0 bridgehead atoms. The van der Waals surface area contributed by atoms with E-state index in [9.17, 15) is 18.0 Å². The highest BCUT2D eigenvalue weighted by molar-refractivity contribution is 5.73. The van der Waals surface area contributed by atoms with Crippen molar-refractivity contribution in [2.45, 2.75) is 52.1 Å². The lowest BCUT2D eigenvalue weighted by Gasteiger charge is -2.28. The van der Waals surface area contributed by atoms with Crippen molar-refractivity contribution in [3.8, 4) is 5.88 Å². The molecule has 0 unspecified atom stereocenters. The number of hydrogen-bond donors (Lipinski definition) is 2. The molecule has 0 aliphatic heterocycles. The van der Waals surface area contributed by atoms with E-state index in [1.807, 2.05) is 0 Å². The van der Waals surface area contributed by atoms with Gasteiger partial charge in [0.2, 0.25) is 17.7 Å². The summed E-state index contributed by atoms with van der Waals surface area (Å²) in [6.45, 7) is 0.500. The van der Waals surface area contributed by atoms with Crippen molar-refractivity contribution < 1.29 is 22.7 Å². The number of carbonyl (C=O) groups is 1. The van der Waals surface area contributed by atoms with Gasteiger partial charge in [0.25, 0.3) is 5.88 Å². The fourth-order valence-corrected chi connectivity index (χ4v) is 3.33. The molecule has 2 aromatic rings. The van der Waals surface area contributed by atoms with E-state index < -0.39 is 12.4 Å². The Bertz CT molecular complexity index is 852. The molecule has 2 aromatic heterocycles.